The average Bonchev–Trinajstić information content (AvgIpc) is 2.71. The zero-order valence-corrected chi connectivity index (χ0v) is 15.5. The smallest absolute Gasteiger partial charge is 0.311 e. The second-order valence-corrected chi connectivity index (χ2v) is 6.37. The van der Waals surface area contributed by atoms with Gasteiger partial charge in [-0.05, 0) is 25.3 Å². The SMILES string of the molecule is C[C@@H](Nc1ncnc2cc(OCCCCO)c([N+](=O)[O-])cc12)c1ccccc1. The molecular weight excluding hydrogens is 360 g/mol. The van der Waals surface area contributed by atoms with E-state index < -0.39 is 4.92 Å². The van der Waals surface area contributed by atoms with Crippen molar-refractivity contribution in [3.8, 4) is 5.75 Å². The predicted octanol–water partition coefficient (Wildman–Crippen LogP) is 3.86. The second kappa shape index (κ2) is 9.09. The van der Waals surface area contributed by atoms with Gasteiger partial charge >= 0.3 is 5.69 Å². The van der Waals surface area contributed by atoms with Crippen molar-refractivity contribution in [2.24, 2.45) is 0 Å². The molecule has 2 N–H and O–H groups in total. The Balaban J connectivity index is 1.92. The summed E-state index contributed by atoms with van der Waals surface area (Å²) in [6.45, 7) is 2.34. The highest BCUT2D eigenvalue weighted by Gasteiger charge is 2.20. The highest BCUT2D eigenvalue weighted by atomic mass is 16.6. The molecule has 2 aromatic carbocycles. The number of unbranched alkanes of at least 4 members (excludes halogenated alkanes) is 1. The topological polar surface area (TPSA) is 110 Å². The molecule has 8 nitrogen and oxygen atoms in total. The zero-order valence-electron chi connectivity index (χ0n) is 15.5. The van der Waals surface area contributed by atoms with E-state index in [1.165, 1.54) is 12.4 Å². The van der Waals surface area contributed by atoms with Gasteiger partial charge in [0.1, 0.15) is 12.1 Å². The fourth-order valence-corrected chi connectivity index (χ4v) is 2.87. The van der Waals surface area contributed by atoms with E-state index in [4.69, 9.17) is 9.84 Å². The van der Waals surface area contributed by atoms with Crippen LogP contribution in [0.1, 0.15) is 31.4 Å². The summed E-state index contributed by atoms with van der Waals surface area (Å²) in [5.41, 5.74) is 1.50. The summed E-state index contributed by atoms with van der Waals surface area (Å²) in [7, 11) is 0. The first kappa shape index (κ1) is 19.5. The molecular formula is C20H22N4O4. The fraction of sp³-hybridized carbons (Fsp3) is 0.300. The van der Waals surface area contributed by atoms with E-state index in [1.54, 1.807) is 6.07 Å². The van der Waals surface area contributed by atoms with Crippen LogP contribution >= 0.6 is 0 Å². The number of benzene rings is 2. The molecule has 0 unspecified atom stereocenters. The highest BCUT2D eigenvalue weighted by Crippen LogP contribution is 2.34. The summed E-state index contributed by atoms with van der Waals surface area (Å²) >= 11 is 0. The standard InChI is InChI=1S/C20H22N4O4/c1-14(15-7-3-2-4-8-15)23-20-16-11-18(24(26)27)19(28-10-6-5-9-25)12-17(16)21-13-22-20/h2-4,7-8,11-14,25H,5-6,9-10H2,1H3,(H,21,22,23)/t14-/m1/s1. The third-order valence-corrected chi connectivity index (χ3v) is 4.38. The maximum Gasteiger partial charge on any atom is 0.311 e. The number of hydrogen-bond donors (Lipinski definition) is 2. The van der Waals surface area contributed by atoms with Crippen molar-refractivity contribution in [3.63, 3.8) is 0 Å². The molecule has 0 fully saturated rings. The Kier molecular flexibility index (Phi) is 6.33. The Bertz CT molecular complexity index is 950. The number of ether oxygens (including phenoxy) is 1. The van der Waals surface area contributed by atoms with Gasteiger partial charge in [-0.25, -0.2) is 9.97 Å². The molecule has 146 valence electrons. The normalized spacial score (nSPS) is 11.9. The highest BCUT2D eigenvalue weighted by molar-refractivity contribution is 5.92. The molecule has 0 saturated heterocycles. The van der Waals surface area contributed by atoms with Crippen molar-refractivity contribution in [1.29, 1.82) is 0 Å². The molecule has 0 aliphatic carbocycles. The molecule has 0 radical (unpaired) electrons. The third kappa shape index (κ3) is 4.52. The van der Waals surface area contributed by atoms with Gasteiger partial charge < -0.3 is 15.2 Å². The average molecular weight is 382 g/mol. The van der Waals surface area contributed by atoms with Gasteiger partial charge in [0.25, 0.3) is 0 Å². The molecule has 0 aliphatic heterocycles. The van der Waals surface area contributed by atoms with Gasteiger partial charge in [0.05, 0.1) is 17.0 Å². The second-order valence-electron chi connectivity index (χ2n) is 6.37. The summed E-state index contributed by atoms with van der Waals surface area (Å²) in [6.07, 6.45) is 2.61. The van der Waals surface area contributed by atoms with E-state index in [9.17, 15) is 10.1 Å². The number of fused-ring (bicyclic) bond motifs is 1. The summed E-state index contributed by atoms with van der Waals surface area (Å²) in [6, 6.07) is 12.8. The lowest BCUT2D eigenvalue weighted by molar-refractivity contribution is -0.385. The number of rotatable bonds is 9. The van der Waals surface area contributed by atoms with Crippen LogP contribution in [0.25, 0.3) is 10.9 Å². The molecule has 1 heterocycles. The monoisotopic (exact) mass is 382 g/mol. The van der Waals surface area contributed by atoms with Crippen LogP contribution in [0.2, 0.25) is 0 Å². The van der Waals surface area contributed by atoms with Crippen molar-refractivity contribution in [2.45, 2.75) is 25.8 Å². The molecule has 0 saturated carbocycles. The van der Waals surface area contributed by atoms with Crippen LogP contribution in [0.5, 0.6) is 5.75 Å². The van der Waals surface area contributed by atoms with E-state index >= 15 is 0 Å². The first-order chi connectivity index (χ1) is 13.6. The summed E-state index contributed by atoms with van der Waals surface area (Å²) in [5.74, 6) is 0.687. The molecule has 1 atom stereocenters. The van der Waals surface area contributed by atoms with Crippen LogP contribution in [-0.2, 0) is 0 Å². The van der Waals surface area contributed by atoms with E-state index in [2.05, 4.69) is 15.3 Å². The zero-order chi connectivity index (χ0) is 19.9. The minimum atomic E-state index is -0.474. The van der Waals surface area contributed by atoms with Gasteiger partial charge in [-0.15, -0.1) is 0 Å². The molecule has 1 aromatic heterocycles. The van der Waals surface area contributed by atoms with Crippen molar-refractivity contribution >= 4 is 22.4 Å². The largest absolute Gasteiger partial charge is 0.487 e. The molecule has 0 aliphatic rings. The molecule has 0 bridgehead atoms. The summed E-state index contributed by atoms with van der Waals surface area (Å²) in [5, 5.41) is 24.2. The molecule has 8 heteroatoms. The molecule has 0 spiro atoms. The number of aliphatic hydroxyl groups excluding tert-OH is 1. The third-order valence-electron chi connectivity index (χ3n) is 4.38. The van der Waals surface area contributed by atoms with E-state index in [-0.39, 0.29) is 30.7 Å². The Labute approximate surface area is 162 Å². The molecule has 0 amide bonds. The first-order valence-electron chi connectivity index (χ1n) is 9.08. The summed E-state index contributed by atoms with van der Waals surface area (Å²) < 4.78 is 5.57. The summed E-state index contributed by atoms with van der Waals surface area (Å²) in [4.78, 5) is 19.6. The number of aliphatic hydroxyl groups is 1. The minimum absolute atomic E-state index is 0.0345. The van der Waals surface area contributed by atoms with Gasteiger partial charge in [-0.1, -0.05) is 30.3 Å². The number of nitrogens with zero attached hydrogens (tertiary/aromatic N) is 3. The van der Waals surface area contributed by atoms with Gasteiger partial charge in [-0.3, -0.25) is 10.1 Å². The quantitative estimate of drug-likeness (QED) is 0.328. The van der Waals surface area contributed by atoms with Gasteiger partial charge in [0.2, 0.25) is 0 Å². The number of aromatic nitrogens is 2. The lowest BCUT2D eigenvalue weighted by Crippen LogP contribution is -2.09. The minimum Gasteiger partial charge on any atom is -0.487 e. The maximum atomic E-state index is 11.5. The Morgan fingerprint density at radius 1 is 1.21 bits per heavy atom. The lowest BCUT2D eigenvalue weighted by Gasteiger charge is -2.16. The van der Waals surface area contributed by atoms with Crippen molar-refractivity contribution in [3.05, 3.63) is 64.5 Å². The van der Waals surface area contributed by atoms with E-state index in [0.717, 1.165) is 5.56 Å². The Morgan fingerprint density at radius 3 is 2.71 bits per heavy atom. The van der Waals surface area contributed by atoms with Crippen LogP contribution in [0, 0.1) is 10.1 Å². The van der Waals surface area contributed by atoms with Crippen molar-refractivity contribution in [2.75, 3.05) is 18.5 Å². The number of hydrogen-bond acceptors (Lipinski definition) is 7. The van der Waals surface area contributed by atoms with Crippen LogP contribution in [0.4, 0.5) is 11.5 Å². The lowest BCUT2D eigenvalue weighted by atomic mass is 10.1. The predicted molar refractivity (Wildman–Crippen MR) is 106 cm³/mol. The maximum absolute atomic E-state index is 11.5. The number of nitro groups is 1. The van der Waals surface area contributed by atoms with Gasteiger partial charge in [-0.2, -0.15) is 0 Å². The van der Waals surface area contributed by atoms with Crippen LogP contribution < -0.4 is 10.1 Å². The Hall–Kier alpha value is -3.26. The van der Waals surface area contributed by atoms with Crippen molar-refractivity contribution < 1.29 is 14.8 Å². The first-order valence-corrected chi connectivity index (χ1v) is 9.08. The Morgan fingerprint density at radius 2 is 2.00 bits per heavy atom. The van der Waals surface area contributed by atoms with Gasteiger partial charge in [0, 0.05) is 30.2 Å². The molecule has 3 aromatic rings. The van der Waals surface area contributed by atoms with E-state index in [0.29, 0.717) is 29.6 Å². The van der Waals surface area contributed by atoms with Crippen molar-refractivity contribution in [1.82, 2.24) is 9.97 Å². The van der Waals surface area contributed by atoms with Crippen LogP contribution in [-0.4, -0.2) is 33.2 Å². The fourth-order valence-electron chi connectivity index (χ4n) is 2.87. The van der Waals surface area contributed by atoms with E-state index in [1.807, 2.05) is 37.3 Å². The van der Waals surface area contributed by atoms with Crippen LogP contribution in [0.3, 0.4) is 0 Å². The number of anilines is 1. The number of nitrogens with one attached hydrogen (secondary N) is 1. The number of nitro benzene ring substituents is 1. The molecule has 28 heavy (non-hydrogen) atoms. The molecule has 3 rings (SSSR count). The van der Waals surface area contributed by atoms with Gasteiger partial charge in [0.15, 0.2) is 5.75 Å². The van der Waals surface area contributed by atoms with Crippen LogP contribution in [0.15, 0.2) is 48.8 Å².